The maximum atomic E-state index is 9.00. The molecule has 0 heterocycles. The Balaban J connectivity index is 3.86. The van der Waals surface area contributed by atoms with Crippen molar-refractivity contribution in [1.29, 1.82) is 0 Å². The van der Waals surface area contributed by atoms with Crippen molar-refractivity contribution in [1.82, 2.24) is 0 Å². The lowest BCUT2D eigenvalue weighted by atomic mass is 10.1. The Labute approximate surface area is 63.8 Å². The molecule has 6 nitrogen and oxygen atoms in total. The molecular formula is C5H13NO5. The number of nitrogens with two attached hydrogens (primary N) is 1. The first-order valence-corrected chi connectivity index (χ1v) is 3.10. The van der Waals surface area contributed by atoms with E-state index in [9.17, 15) is 0 Å². The Morgan fingerprint density at radius 1 is 1.18 bits per heavy atom. The summed E-state index contributed by atoms with van der Waals surface area (Å²) in [7, 11) is 0. The monoisotopic (exact) mass is 167 g/mol. The average Bonchev–Trinajstić information content (AvgIpc) is 2.05. The Hall–Kier alpha value is -0.240. The molecule has 0 aromatic heterocycles. The molecule has 0 aromatic rings. The summed E-state index contributed by atoms with van der Waals surface area (Å²) in [5, 5.41) is 34.7. The van der Waals surface area contributed by atoms with Crippen molar-refractivity contribution in [3.63, 3.8) is 0 Å². The summed E-state index contributed by atoms with van der Waals surface area (Å²) in [5.41, 5.74) is 0. The third-order valence-electron chi connectivity index (χ3n) is 1.32. The van der Waals surface area contributed by atoms with Gasteiger partial charge in [-0.2, -0.15) is 0 Å². The van der Waals surface area contributed by atoms with E-state index in [1.165, 1.54) is 0 Å². The fourth-order valence-electron chi connectivity index (χ4n) is 0.587. The second-order valence-corrected chi connectivity index (χ2v) is 2.10. The first-order chi connectivity index (χ1) is 5.17. The summed E-state index contributed by atoms with van der Waals surface area (Å²) >= 11 is 0. The van der Waals surface area contributed by atoms with Gasteiger partial charge in [0.05, 0.1) is 13.2 Å². The van der Waals surface area contributed by atoms with Crippen LogP contribution in [0.25, 0.3) is 0 Å². The number of aliphatic hydroxyl groups excluding tert-OH is 4. The highest BCUT2D eigenvalue weighted by molar-refractivity contribution is 4.74. The van der Waals surface area contributed by atoms with E-state index in [1.807, 2.05) is 0 Å². The summed E-state index contributed by atoms with van der Waals surface area (Å²) in [6.07, 6.45) is -3.80. The third-order valence-corrected chi connectivity index (χ3v) is 1.32. The molecule has 6 N–H and O–H groups in total. The lowest BCUT2D eigenvalue weighted by Gasteiger charge is -2.21. The van der Waals surface area contributed by atoms with Crippen LogP contribution in [0, 0.1) is 0 Å². The molecule has 6 heteroatoms. The van der Waals surface area contributed by atoms with Gasteiger partial charge in [-0.05, 0) is 0 Å². The number of rotatable bonds is 5. The fourth-order valence-corrected chi connectivity index (χ4v) is 0.587. The van der Waals surface area contributed by atoms with E-state index in [-0.39, 0.29) is 0 Å². The van der Waals surface area contributed by atoms with Gasteiger partial charge in [0.15, 0.2) is 0 Å². The molecule has 0 amide bonds. The normalized spacial score (nSPS) is 19.4. The highest BCUT2D eigenvalue weighted by atomic mass is 16.6. The van der Waals surface area contributed by atoms with Crippen LogP contribution < -0.4 is 5.90 Å². The minimum atomic E-state index is -1.38. The second-order valence-electron chi connectivity index (χ2n) is 2.10. The van der Waals surface area contributed by atoms with E-state index in [1.54, 1.807) is 0 Å². The molecule has 0 bridgehead atoms. The number of aliphatic hydroxyl groups is 4. The molecule has 0 saturated carbocycles. The van der Waals surface area contributed by atoms with Crippen LogP contribution in [-0.4, -0.2) is 52.0 Å². The van der Waals surface area contributed by atoms with Crippen LogP contribution in [0.15, 0.2) is 0 Å². The molecule has 68 valence electrons. The zero-order chi connectivity index (χ0) is 8.85. The zero-order valence-electron chi connectivity index (χ0n) is 5.92. The summed E-state index contributed by atoms with van der Waals surface area (Å²) in [4.78, 5) is 4.11. The highest BCUT2D eigenvalue weighted by Gasteiger charge is 2.25. The topological polar surface area (TPSA) is 116 Å². The quantitative estimate of drug-likeness (QED) is 0.278. The first-order valence-electron chi connectivity index (χ1n) is 3.10. The van der Waals surface area contributed by atoms with Gasteiger partial charge in [-0.25, -0.2) is 5.90 Å². The van der Waals surface area contributed by atoms with Crippen LogP contribution >= 0.6 is 0 Å². The number of hydrogen-bond donors (Lipinski definition) is 5. The molecular weight excluding hydrogens is 154 g/mol. The maximum Gasteiger partial charge on any atom is 0.130 e. The van der Waals surface area contributed by atoms with Gasteiger partial charge in [-0.1, -0.05) is 0 Å². The van der Waals surface area contributed by atoms with Gasteiger partial charge in [-0.3, -0.25) is 4.84 Å². The molecule has 3 unspecified atom stereocenters. The summed E-state index contributed by atoms with van der Waals surface area (Å²) in [5.74, 6) is 4.66. The molecule has 11 heavy (non-hydrogen) atoms. The lowest BCUT2D eigenvalue weighted by molar-refractivity contribution is -0.118. The Bertz CT molecular complexity index is 96.9. The van der Waals surface area contributed by atoms with Gasteiger partial charge in [-0.15, -0.1) is 0 Å². The van der Waals surface area contributed by atoms with Crippen molar-refractivity contribution in [3.05, 3.63) is 0 Å². The SMILES string of the molecule is NOC(CO)C(O)C(O)CO. The second kappa shape index (κ2) is 5.42. The van der Waals surface area contributed by atoms with Crippen molar-refractivity contribution in [3.8, 4) is 0 Å². The van der Waals surface area contributed by atoms with Crippen molar-refractivity contribution in [2.75, 3.05) is 13.2 Å². The van der Waals surface area contributed by atoms with E-state index in [0.717, 1.165) is 0 Å². The number of hydrogen-bond acceptors (Lipinski definition) is 6. The van der Waals surface area contributed by atoms with Crippen LogP contribution in [0.4, 0.5) is 0 Å². The van der Waals surface area contributed by atoms with Crippen molar-refractivity contribution in [2.24, 2.45) is 5.90 Å². The molecule has 0 aromatic carbocycles. The van der Waals surface area contributed by atoms with Crippen molar-refractivity contribution in [2.45, 2.75) is 18.3 Å². The molecule has 0 saturated heterocycles. The van der Waals surface area contributed by atoms with Crippen molar-refractivity contribution < 1.29 is 25.3 Å². The Morgan fingerprint density at radius 3 is 2.00 bits per heavy atom. The van der Waals surface area contributed by atoms with Gasteiger partial charge in [0.25, 0.3) is 0 Å². The van der Waals surface area contributed by atoms with Gasteiger partial charge < -0.3 is 20.4 Å². The van der Waals surface area contributed by atoms with Crippen LogP contribution in [-0.2, 0) is 4.84 Å². The zero-order valence-corrected chi connectivity index (χ0v) is 5.92. The molecule has 0 spiro atoms. The van der Waals surface area contributed by atoms with Crippen molar-refractivity contribution >= 4 is 0 Å². The van der Waals surface area contributed by atoms with Gasteiger partial charge in [0.1, 0.15) is 18.3 Å². The molecule has 0 aliphatic rings. The first kappa shape index (κ1) is 10.8. The van der Waals surface area contributed by atoms with Crippen LogP contribution in [0.1, 0.15) is 0 Å². The van der Waals surface area contributed by atoms with Crippen LogP contribution in [0.3, 0.4) is 0 Å². The van der Waals surface area contributed by atoms with Crippen LogP contribution in [0.2, 0.25) is 0 Å². The van der Waals surface area contributed by atoms with E-state index >= 15 is 0 Å². The van der Waals surface area contributed by atoms with E-state index in [2.05, 4.69) is 10.7 Å². The summed E-state index contributed by atoms with van der Waals surface area (Å²) < 4.78 is 0. The van der Waals surface area contributed by atoms with E-state index in [4.69, 9.17) is 20.4 Å². The predicted octanol–water partition coefficient (Wildman–Crippen LogP) is -3.05. The smallest absolute Gasteiger partial charge is 0.130 e. The van der Waals surface area contributed by atoms with Gasteiger partial charge in [0, 0.05) is 0 Å². The summed E-state index contributed by atoms with van der Waals surface area (Å²) in [6.45, 7) is -1.13. The minimum absolute atomic E-state index is 0.519. The Morgan fingerprint density at radius 2 is 1.73 bits per heavy atom. The minimum Gasteiger partial charge on any atom is -0.394 e. The Kier molecular flexibility index (Phi) is 5.30. The van der Waals surface area contributed by atoms with E-state index < -0.39 is 31.5 Å². The lowest BCUT2D eigenvalue weighted by Crippen LogP contribution is -2.44. The molecule has 0 aliphatic heterocycles. The molecule has 0 radical (unpaired) electrons. The molecule has 0 rings (SSSR count). The van der Waals surface area contributed by atoms with Gasteiger partial charge >= 0.3 is 0 Å². The van der Waals surface area contributed by atoms with Gasteiger partial charge in [0.2, 0.25) is 0 Å². The third kappa shape index (κ3) is 3.10. The molecule has 0 fully saturated rings. The summed E-state index contributed by atoms with van der Waals surface area (Å²) in [6, 6.07) is 0. The predicted molar refractivity (Wildman–Crippen MR) is 35.2 cm³/mol. The van der Waals surface area contributed by atoms with E-state index in [0.29, 0.717) is 0 Å². The molecule has 0 aliphatic carbocycles. The van der Waals surface area contributed by atoms with Crippen LogP contribution in [0.5, 0.6) is 0 Å². The maximum absolute atomic E-state index is 9.00. The standard InChI is InChI=1S/C5H13NO5/c6-11-4(2-8)5(10)3(9)1-7/h3-5,7-10H,1-2,6H2. The molecule has 3 atom stereocenters. The fraction of sp³-hybridized carbons (Fsp3) is 1.00. The largest absolute Gasteiger partial charge is 0.394 e. The highest BCUT2D eigenvalue weighted by Crippen LogP contribution is 2.01. The average molecular weight is 167 g/mol.